The fourth-order valence-electron chi connectivity index (χ4n) is 1.01. The van der Waals surface area contributed by atoms with Crippen LogP contribution in [-0.2, 0) is 9.53 Å². The number of hydrogen-bond donors (Lipinski definition) is 2. The van der Waals surface area contributed by atoms with Crippen LogP contribution in [0.2, 0.25) is 0 Å². The Labute approximate surface area is 87.4 Å². The second-order valence-corrected chi connectivity index (χ2v) is 2.84. The van der Waals surface area contributed by atoms with Crippen molar-refractivity contribution in [3.8, 4) is 6.07 Å². The molecule has 1 aromatic carbocycles. The smallest absolute Gasteiger partial charge is 0.325 e. The maximum absolute atomic E-state index is 10.8. The van der Waals surface area contributed by atoms with Gasteiger partial charge in [0.2, 0.25) is 0 Å². The molecule has 0 aromatic heterocycles. The van der Waals surface area contributed by atoms with Gasteiger partial charge in [-0.3, -0.25) is 4.79 Å². The maximum Gasteiger partial charge on any atom is 0.325 e. The van der Waals surface area contributed by atoms with Crippen LogP contribution in [0.1, 0.15) is 5.56 Å². The van der Waals surface area contributed by atoms with Gasteiger partial charge in [0, 0.05) is 11.4 Å². The van der Waals surface area contributed by atoms with Crippen LogP contribution in [0.15, 0.2) is 18.2 Å². The van der Waals surface area contributed by atoms with Gasteiger partial charge in [-0.1, -0.05) is 0 Å². The first-order chi connectivity index (χ1) is 7.17. The molecule has 0 spiro atoms. The van der Waals surface area contributed by atoms with Gasteiger partial charge in [-0.15, -0.1) is 0 Å². The van der Waals surface area contributed by atoms with Crippen LogP contribution in [0.3, 0.4) is 0 Å². The van der Waals surface area contributed by atoms with Crippen LogP contribution >= 0.6 is 0 Å². The predicted molar refractivity (Wildman–Crippen MR) is 56.1 cm³/mol. The molecule has 0 radical (unpaired) electrons. The van der Waals surface area contributed by atoms with Gasteiger partial charge in [-0.05, 0) is 18.2 Å². The zero-order valence-electron chi connectivity index (χ0n) is 8.28. The molecule has 0 bridgehead atoms. The van der Waals surface area contributed by atoms with Crippen molar-refractivity contribution in [3.63, 3.8) is 0 Å². The molecule has 0 saturated heterocycles. The van der Waals surface area contributed by atoms with Gasteiger partial charge in [0.05, 0.1) is 12.7 Å². The van der Waals surface area contributed by atoms with E-state index in [9.17, 15) is 4.79 Å². The number of nitrogen functional groups attached to an aromatic ring is 1. The summed E-state index contributed by atoms with van der Waals surface area (Å²) in [5, 5.41) is 11.5. The molecule has 5 heteroatoms. The lowest BCUT2D eigenvalue weighted by molar-refractivity contribution is -0.138. The normalized spacial score (nSPS) is 9.07. The van der Waals surface area contributed by atoms with Gasteiger partial charge in [0.15, 0.2) is 0 Å². The van der Waals surface area contributed by atoms with Crippen LogP contribution in [0, 0.1) is 11.3 Å². The molecule has 0 unspecified atom stereocenters. The van der Waals surface area contributed by atoms with Crippen molar-refractivity contribution >= 4 is 17.3 Å². The third kappa shape index (κ3) is 2.88. The van der Waals surface area contributed by atoms with E-state index in [0.717, 1.165) is 0 Å². The second-order valence-electron chi connectivity index (χ2n) is 2.84. The van der Waals surface area contributed by atoms with E-state index >= 15 is 0 Å². The van der Waals surface area contributed by atoms with E-state index in [0.29, 0.717) is 16.9 Å². The Morgan fingerprint density at radius 3 is 3.00 bits per heavy atom. The number of nitriles is 1. The molecule has 1 aromatic rings. The van der Waals surface area contributed by atoms with Gasteiger partial charge in [0.1, 0.15) is 12.6 Å². The number of methoxy groups -OCH3 is 1. The van der Waals surface area contributed by atoms with Crippen molar-refractivity contribution in [3.05, 3.63) is 23.8 Å². The largest absolute Gasteiger partial charge is 0.468 e. The summed E-state index contributed by atoms with van der Waals surface area (Å²) in [6, 6.07) is 6.84. The number of rotatable bonds is 3. The van der Waals surface area contributed by atoms with Crippen LogP contribution < -0.4 is 11.1 Å². The van der Waals surface area contributed by atoms with E-state index in [1.165, 1.54) is 7.11 Å². The number of nitrogens with zero attached hydrogens (tertiary/aromatic N) is 1. The molecule has 0 amide bonds. The van der Waals surface area contributed by atoms with Crippen molar-refractivity contribution < 1.29 is 9.53 Å². The Bertz CT molecular complexity index is 410. The summed E-state index contributed by atoms with van der Waals surface area (Å²) in [7, 11) is 1.31. The van der Waals surface area contributed by atoms with E-state index in [-0.39, 0.29) is 12.5 Å². The van der Waals surface area contributed by atoms with E-state index in [1.807, 2.05) is 6.07 Å². The zero-order valence-corrected chi connectivity index (χ0v) is 8.28. The molecule has 3 N–H and O–H groups in total. The van der Waals surface area contributed by atoms with Gasteiger partial charge >= 0.3 is 5.97 Å². The minimum Gasteiger partial charge on any atom is -0.468 e. The highest BCUT2D eigenvalue weighted by atomic mass is 16.5. The fourth-order valence-corrected chi connectivity index (χ4v) is 1.01. The van der Waals surface area contributed by atoms with Crippen molar-refractivity contribution in [2.24, 2.45) is 0 Å². The number of ether oxygens (including phenoxy) is 1. The number of nitrogens with one attached hydrogen (secondary N) is 1. The molecule has 0 aliphatic heterocycles. The summed E-state index contributed by atoms with van der Waals surface area (Å²) in [5.41, 5.74) is 7.00. The van der Waals surface area contributed by atoms with Gasteiger partial charge in [-0.25, -0.2) is 0 Å². The van der Waals surface area contributed by atoms with Crippen molar-refractivity contribution in [2.45, 2.75) is 0 Å². The molecular weight excluding hydrogens is 194 g/mol. The number of hydrogen-bond acceptors (Lipinski definition) is 5. The lowest BCUT2D eigenvalue weighted by Gasteiger charge is -2.06. The first kappa shape index (κ1) is 10.9. The Morgan fingerprint density at radius 1 is 1.67 bits per heavy atom. The summed E-state index contributed by atoms with van der Waals surface area (Å²) < 4.78 is 4.46. The van der Waals surface area contributed by atoms with Gasteiger partial charge in [0.25, 0.3) is 0 Å². The molecular formula is C10H11N3O2. The highest BCUT2D eigenvalue weighted by molar-refractivity contribution is 5.75. The molecule has 5 nitrogen and oxygen atoms in total. The summed E-state index contributed by atoms with van der Waals surface area (Å²) in [6.07, 6.45) is 0. The molecule has 0 atom stereocenters. The van der Waals surface area contributed by atoms with Crippen molar-refractivity contribution in [1.82, 2.24) is 0 Å². The molecule has 0 aliphatic rings. The average Bonchev–Trinajstić information content (AvgIpc) is 2.27. The summed E-state index contributed by atoms with van der Waals surface area (Å²) in [5.74, 6) is -0.370. The Kier molecular flexibility index (Phi) is 3.52. The van der Waals surface area contributed by atoms with Crippen molar-refractivity contribution in [2.75, 3.05) is 24.7 Å². The van der Waals surface area contributed by atoms with E-state index in [1.54, 1.807) is 18.2 Å². The first-order valence-corrected chi connectivity index (χ1v) is 4.27. The van der Waals surface area contributed by atoms with Crippen molar-refractivity contribution in [1.29, 1.82) is 5.26 Å². The van der Waals surface area contributed by atoms with E-state index in [4.69, 9.17) is 11.0 Å². The Balaban J connectivity index is 2.71. The highest BCUT2D eigenvalue weighted by Gasteiger charge is 2.02. The van der Waals surface area contributed by atoms with E-state index < -0.39 is 0 Å². The number of benzene rings is 1. The number of esters is 1. The second kappa shape index (κ2) is 4.86. The highest BCUT2D eigenvalue weighted by Crippen LogP contribution is 2.16. The molecule has 0 heterocycles. The van der Waals surface area contributed by atoms with Gasteiger partial charge < -0.3 is 15.8 Å². The number of carbonyl (C=O) groups is 1. The summed E-state index contributed by atoms with van der Waals surface area (Å²) >= 11 is 0. The maximum atomic E-state index is 10.8. The van der Waals surface area contributed by atoms with Crippen LogP contribution in [-0.4, -0.2) is 19.6 Å². The first-order valence-electron chi connectivity index (χ1n) is 4.27. The molecule has 78 valence electrons. The standard InChI is InChI=1S/C10H11N3O2/c1-15-10(14)6-13-8-2-3-9(12)7(4-8)5-11/h2-4,13H,6,12H2,1H3. The Morgan fingerprint density at radius 2 is 2.40 bits per heavy atom. The predicted octanol–water partition coefficient (Wildman–Crippen LogP) is 0.725. The molecule has 15 heavy (non-hydrogen) atoms. The molecule has 0 saturated carbocycles. The van der Waals surface area contributed by atoms with Crippen LogP contribution in [0.4, 0.5) is 11.4 Å². The monoisotopic (exact) mass is 205 g/mol. The third-order valence-electron chi connectivity index (χ3n) is 1.84. The minimum atomic E-state index is -0.370. The lowest BCUT2D eigenvalue weighted by atomic mass is 10.2. The fraction of sp³-hybridized carbons (Fsp3) is 0.200. The number of nitrogens with two attached hydrogens (primary N) is 1. The molecule has 1 rings (SSSR count). The number of anilines is 2. The summed E-state index contributed by atoms with van der Waals surface area (Å²) in [4.78, 5) is 10.8. The average molecular weight is 205 g/mol. The quantitative estimate of drug-likeness (QED) is 0.560. The third-order valence-corrected chi connectivity index (χ3v) is 1.84. The van der Waals surface area contributed by atoms with Crippen LogP contribution in [0.5, 0.6) is 0 Å². The SMILES string of the molecule is COC(=O)CNc1ccc(N)c(C#N)c1. The zero-order chi connectivity index (χ0) is 11.3. The topological polar surface area (TPSA) is 88.1 Å². The lowest BCUT2D eigenvalue weighted by Crippen LogP contribution is -2.15. The minimum absolute atomic E-state index is 0.0608. The van der Waals surface area contributed by atoms with E-state index in [2.05, 4.69) is 10.1 Å². The van der Waals surface area contributed by atoms with Crippen LogP contribution in [0.25, 0.3) is 0 Å². The summed E-state index contributed by atoms with van der Waals surface area (Å²) in [6.45, 7) is 0.0608. The number of carbonyl (C=O) groups excluding carboxylic acids is 1. The van der Waals surface area contributed by atoms with Gasteiger partial charge in [-0.2, -0.15) is 5.26 Å². The molecule has 0 fully saturated rings. The molecule has 0 aliphatic carbocycles. The Hall–Kier alpha value is -2.22.